The summed E-state index contributed by atoms with van der Waals surface area (Å²) in [7, 11) is 0. The van der Waals surface area contributed by atoms with E-state index in [2.05, 4.69) is 16.5 Å². The number of nitrogen functional groups attached to an aromatic ring is 1. The number of rotatable bonds is 11. The van der Waals surface area contributed by atoms with Gasteiger partial charge in [0.25, 0.3) is 11.5 Å². The monoisotopic (exact) mass is 1270 g/mol. The molecule has 466 valence electrons. The maximum atomic E-state index is 17.5. The molecule has 14 rings (SSSR count). The number of fused-ring (bicyclic) bond motifs is 8. The fraction of sp³-hybridized carbons (Fsp3) is 0.422. The molecule has 26 heteroatoms. The second kappa shape index (κ2) is 21.9. The zero-order chi connectivity index (χ0) is 63.1. The molecule has 6 aliphatic heterocycles. The van der Waals surface area contributed by atoms with Gasteiger partial charge in [-0.05, 0) is 106 Å². The quantitative estimate of drug-likeness (QED) is 0.0530. The van der Waals surface area contributed by atoms with Gasteiger partial charge >= 0.3 is 24.0 Å². The zero-order valence-electron chi connectivity index (χ0n) is 49.3. The molecule has 6 atom stereocenters. The summed E-state index contributed by atoms with van der Waals surface area (Å²) in [6.07, 6.45) is 1.24. The van der Waals surface area contributed by atoms with Gasteiger partial charge in [0.05, 0.1) is 49.8 Å². The average Bonchev–Trinajstić information content (AvgIpc) is 1.45. The second-order valence-corrected chi connectivity index (χ2v) is 26.0. The Morgan fingerprint density at radius 1 is 1.00 bits per heavy atom. The van der Waals surface area contributed by atoms with Gasteiger partial charge in [-0.15, -0.1) is 11.3 Å². The van der Waals surface area contributed by atoms with E-state index in [4.69, 9.17) is 52.0 Å². The second-order valence-electron chi connectivity index (χ2n) is 24.5. The normalized spacial score (nSPS) is 23.4. The first-order chi connectivity index (χ1) is 43.1. The molecule has 3 aromatic carbocycles. The lowest BCUT2D eigenvalue weighted by Crippen LogP contribution is -2.54. The summed E-state index contributed by atoms with van der Waals surface area (Å²) in [5, 5.41) is 11.1. The number of hydrogen-bond donors (Lipinski definition) is 2. The zero-order valence-corrected chi connectivity index (χ0v) is 50.9. The third kappa shape index (κ3) is 9.08. The van der Waals surface area contributed by atoms with E-state index >= 15 is 13.2 Å². The number of nitrogens with two attached hydrogens (primary N) is 2. The lowest BCUT2D eigenvalue weighted by Gasteiger charge is -2.41. The molecule has 0 saturated carbocycles. The lowest BCUT2D eigenvalue weighted by atomic mass is 9.82. The minimum atomic E-state index is -2.11. The predicted octanol–water partition coefficient (Wildman–Crippen LogP) is 9.08. The van der Waals surface area contributed by atoms with E-state index in [0.29, 0.717) is 60.3 Å². The number of alkyl halides is 1. The standard InChI is InChI=1S/C64H60ClF4N11O9S/c1-5-64(39-19-46-52-37(25-80(46)58(82)38(39)27-86-60(64)84)49-43(71)12-10-33-31(4)42(68)20-44(73-52)50(33)49)89-59(83)45-8-6-15-79(45)62(85)87-26-29(2)57(81)76-16-17-78(30(3)23-76)56-35-18-40(65)48(34-9-11-41(67)54-47(34)36(22-70)55(72)90-54)51(69)53(35)74-61(75-56)88-28-63-13-7-14-77(63)24-32(66)21-63/h9,11,18-20,30,32,43,45H,2,5-8,10,12-17,21,23-28,71-72H2,1,3-4H3/t30-,32+,43-,45-,63-,64-/m0/s1. The summed E-state index contributed by atoms with van der Waals surface area (Å²) in [5.41, 5.74) is 13.5. The summed E-state index contributed by atoms with van der Waals surface area (Å²) < 4.78 is 88.4. The number of cyclic esters (lactones) is 1. The molecule has 4 aromatic heterocycles. The number of nitriles is 1. The smallest absolute Gasteiger partial charge is 0.410 e. The van der Waals surface area contributed by atoms with Crippen molar-refractivity contribution in [3.05, 3.63) is 114 Å². The number of amides is 2. The number of likely N-dealkylation sites (tertiary alicyclic amines) is 1. The maximum Gasteiger partial charge on any atom is 0.410 e. The Morgan fingerprint density at radius 3 is 2.59 bits per heavy atom. The van der Waals surface area contributed by atoms with E-state index in [1.54, 1.807) is 19.9 Å². The van der Waals surface area contributed by atoms with Gasteiger partial charge in [-0.3, -0.25) is 19.4 Å². The first-order valence-electron chi connectivity index (χ1n) is 30.0. The van der Waals surface area contributed by atoms with Crippen molar-refractivity contribution in [1.82, 2.24) is 34.2 Å². The number of carbonyl (C=O) groups excluding carboxylic acids is 4. The first kappa shape index (κ1) is 59.2. The minimum Gasteiger partial charge on any atom is -0.461 e. The van der Waals surface area contributed by atoms with E-state index in [1.165, 1.54) is 27.7 Å². The van der Waals surface area contributed by atoms with Crippen molar-refractivity contribution >= 4 is 89.6 Å². The number of ether oxygens (including phenoxy) is 4. The summed E-state index contributed by atoms with van der Waals surface area (Å²) >= 11 is 7.85. The van der Waals surface area contributed by atoms with E-state index in [0.717, 1.165) is 45.2 Å². The minimum absolute atomic E-state index is 0.0259. The SMILES string of the molecule is C=C(COC(=O)N1CCC[C@H]1C(=O)O[C@]1(CC)C(=O)OCc2c1cc1n(c2=O)Cc2c-1nc1cc(F)c(C)c3c1c2[C@@H](N)CC3)C(=O)N1CCN(c2nc(OC[C@@]34CCCN3C[C@H](F)C4)nc3c(F)c(-c4ccc(F)c5sc(N)c(C#N)c45)c(Cl)cc23)[C@@H](C)C1. The van der Waals surface area contributed by atoms with Gasteiger partial charge in [-0.25, -0.2) is 36.9 Å². The highest BCUT2D eigenvalue weighted by atomic mass is 35.5. The van der Waals surface area contributed by atoms with Gasteiger partial charge in [-0.2, -0.15) is 15.2 Å². The van der Waals surface area contributed by atoms with Crippen molar-refractivity contribution < 1.29 is 55.7 Å². The molecule has 0 spiro atoms. The molecule has 4 saturated heterocycles. The molecule has 7 aliphatic rings. The number of benzene rings is 3. The summed E-state index contributed by atoms with van der Waals surface area (Å²) in [4.78, 5) is 92.1. The number of nitrogens with zero attached hydrogens (tertiary/aromatic N) is 9. The van der Waals surface area contributed by atoms with Crippen LogP contribution in [-0.2, 0) is 53.8 Å². The van der Waals surface area contributed by atoms with Gasteiger partial charge in [0, 0.05) is 95.7 Å². The van der Waals surface area contributed by atoms with E-state index < -0.39 is 89.0 Å². The van der Waals surface area contributed by atoms with Crippen molar-refractivity contribution in [2.24, 2.45) is 5.73 Å². The number of pyridine rings is 2. The van der Waals surface area contributed by atoms with Gasteiger partial charge in [0.2, 0.25) is 5.60 Å². The molecule has 0 unspecified atom stereocenters. The number of halogens is 5. The van der Waals surface area contributed by atoms with Gasteiger partial charge in [-0.1, -0.05) is 31.2 Å². The van der Waals surface area contributed by atoms with E-state index in [9.17, 15) is 33.6 Å². The highest BCUT2D eigenvalue weighted by Gasteiger charge is 2.53. The summed E-state index contributed by atoms with van der Waals surface area (Å²) in [6.45, 7) is 9.65. The van der Waals surface area contributed by atoms with Crippen molar-refractivity contribution in [3.8, 4) is 34.6 Å². The molecule has 1 aliphatic carbocycles. The summed E-state index contributed by atoms with van der Waals surface area (Å²) in [6, 6.07) is 6.60. The molecule has 0 bridgehead atoms. The molecular formula is C64H60ClF4N11O9S. The van der Waals surface area contributed by atoms with Crippen molar-refractivity contribution in [3.63, 3.8) is 0 Å². The number of thiophene rings is 1. The first-order valence-corrected chi connectivity index (χ1v) is 31.2. The number of aromatic nitrogens is 4. The van der Waals surface area contributed by atoms with Crippen LogP contribution >= 0.6 is 22.9 Å². The van der Waals surface area contributed by atoms with Crippen molar-refractivity contribution in [2.45, 2.75) is 121 Å². The van der Waals surface area contributed by atoms with Crippen LogP contribution in [0.15, 0.2) is 47.3 Å². The van der Waals surface area contributed by atoms with Crippen LogP contribution in [0.1, 0.15) is 104 Å². The lowest BCUT2D eigenvalue weighted by molar-refractivity contribution is -0.191. The number of aryl methyl sites for hydroxylation is 1. The Balaban J connectivity index is 0.682. The predicted molar refractivity (Wildman–Crippen MR) is 325 cm³/mol. The molecule has 10 heterocycles. The van der Waals surface area contributed by atoms with Crippen LogP contribution < -0.4 is 26.7 Å². The van der Waals surface area contributed by atoms with Crippen LogP contribution in [0.4, 0.5) is 33.2 Å². The van der Waals surface area contributed by atoms with Gasteiger partial charge < -0.3 is 44.8 Å². The third-order valence-electron chi connectivity index (χ3n) is 19.6. The van der Waals surface area contributed by atoms with Crippen LogP contribution in [0, 0.1) is 35.7 Å². The van der Waals surface area contributed by atoms with Gasteiger partial charge in [0.1, 0.15) is 66.1 Å². The number of carbonyl (C=O) groups is 4. The van der Waals surface area contributed by atoms with Crippen LogP contribution in [0.5, 0.6) is 6.01 Å². The number of anilines is 2. The van der Waals surface area contributed by atoms with Crippen LogP contribution in [-0.4, -0.2) is 134 Å². The Labute approximate surface area is 520 Å². The Morgan fingerprint density at radius 2 is 1.81 bits per heavy atom. The van der Waals surface area contributed by atoms with E-state index in [-0.39, 0.29) is 148 Å². The Kier molecular flexibility index (Phi) is 14.4. The van der Waals surface area contributed by atoms with Crippen LogP contribution in [0.3, 0.4) is 0 Å². The summed E-state index contributed by atoms with van der Waals surface area (Å²) in [5.74, 6) is -4.15. The third-order valence-corrected chi connectivity index (χ3v) is 20.9. The van der Waals surface area contributed by atoms with Gasteiger partial charge in [0.15, 0.2) is 5.82 Å². The molecule has 90 heavy (non-hydrogen) atoms. The van der Waals surface area contributed by atoms with Crippen LogP contribution in [0.25, 0.3) is 54.4 Å². The largest absolute Gasteiger partial charge is 0.461 e. The Bertz CT molecular complexity index is 4460. The van der Waals surface area contributed by atoms with E-state index in [1.807, 2.05) is 17.9 Å². The fourth-order valence-electron chi connectivity index (χ4n) is 15.0. The molecule has 20 nitrogen and oxygen atoms in total. The molecule has 7 aromatic rings. The molecule has 2 amide bonds. The molecule has 4 N–H and O–H groups in total. The molecule has 0 radical (unpaired) electrons. The molecular weight excluding hydrogens is 1210 g/mol. The van der Waals surface area contributed by atoms with Crippen molar-refractivity contribution in [2.75, 3.05) is 63.1 Å². The number of piperazine rings is 1. The Hall–Kier alpha value is -8.44. The highest BCUT2D eigenvalue weighted by Crippen LogP contribution is 2.49. The van der Waals surface area contributed by atoms with Crippen molar-refractivity contribution in [1.29, 1.82) is 5.26 Å². The topological polar surface area (TPSA) is 255 Å². The average molecular weight is 1270 g/mol. The highest BCUT2D eigenvalue weighted by molar-refractivity contribution is 7.23. The fourth-order valence-corrected chi connectivity index (χ4v) is 16.3. The van der Waals surface area contributed by atoms with Crippen LogP contribution in [0.2, 0.25) is 5.02 Å². The maximum absolute atomic E-state index is 17.5. The number of esters is 2. The molecule has 4 fully saturated rings. The number of hydrogen-bond acceptors (Lipinski definition) is 18.